The number of aryl methyl sites for hydroxylation is 2. The van der Waals surface area contributed by atoms with Gasteiger partial charge in [-0.2, -0.15) is 5.10 Å². The van der Waals surface area contributed by atoms with Gasteiger partial charge in [0.2, 0.25) is 5.91 Å². The van der Waals surface area contributed by atoms with E-state index < -0.39 is 0 Å². The average Bonchev–Trinajstić information content (AvgIpc) is 2.80. The van der Waals surface area contributed by atoms with Crippen molar-refractivity contribution in [2.75, 3.05) is 32.7 Å². The van der Waals surface area contributed by atoms with Crippen LogP contribution in [0.4, 0.5) is 0 Å². The van der Waals surface area contributed by atoms with Gasteiger partial charge in [-0.15, -0.1) is 12.4 Å². The molecule has 7 nitrogen and oxygen atoms in total. The van der Waals surface area contributed by atoms with E-state index in [0.29, 0.717) is 18.7 Å². The Morgan fingerprint density at radius 3 is 2.67 bits per heavy atom. The van der Waals surface area contributed by atoms with E-state index in [1.165, 1.54) is 0 Å². The molecule has 3 heterocycles. The van der Waals surface area contributed by atoms with Crippen LogP contribution in [0.5, 0.6) is 0 Å². The SMILES string of the molecule is Cc1nn(C)c(C)c1C(=O)N1CCCC(N2CCNCC2=O)C1.Cl. The van der Waals surface area contributed by atoms with Gasteiger partial charge < -0.3 is 15.1 Å². The maximum absolute atomic E-state index is 12.9. The Morgan fingerprint density at radius 1 is 1.29 bits per heavy atom. The maximum atomic E-state index is 12.9. The van der Waals surface area contributed by atoms with Crippen LogP contribution in [0, 0.1) is 13.8 Å². The molecule has 2 fully saturated rings. The summed E-state index contributed by atoms with van der Waals surface area (Å²) >= 11 is 0. The van der Waals surface area contributed by atoms with Gasteiger partial charge in [-0.25, -0.2) is 0 Å². The molecule has 0 spiro atoms. The van der Waals surface area contributed by atoms with Crippen molar-refractivity contribution in [3.63, 3.8) is 0 Å². The third-order valence-corrected chi connectivity index (χ3v) is 4.97. The Kier molecular flexibility index (Phi) is 5.87. The standard InChI is InChI=1S/C16H25N5O2.ClH/c1-11-15(12(2)19(3)18-11)16(23)20-7-4-5-13(10-20)21-8-6-17-9-14(21)22;/h13,17H,4-10H2,1-3H3;1H. The highest BCUT2D eigenvalue weighted by Crippen LogP contribution is 2.21. The third-order valence-electron chi connectivity index (χ3n) is 4.97. The van der Waals surface area contributed by atoms with Crippen molar-refractivity contribution in [2.24, 2.45) is 7.05 Å². The highest BCUT2D eigenvalue weighted by molar-refractivity contribution is 5.96. The van der Waals surface area contributed by atoms with Crippen molar-refractivity contribution >= 4 is 24.2 Å². The zero-order valence-electron chi connectivity index (χ0n) is 14.5. The fraction of sp³-hybridized carbons (Fsp3) is 0.688. The van der Waals surface area contributed by atoms with Crippen molar-refractivity contribution in [3.8, 4) is 0 Å². The summed E-state index contributed by atoms with van der Waals surface area (Å²) < 4.78 is 1.75. The lowest BCUT2D eigenvalue weighted by atomic mass is 10.0. The van der Waals surface area contributed by atoms with Crippen LogP contribution in [0.2, 0.25) is 0 Å². The van der Waals surface area contributed by atoms with Gasteiger partial charge in [-0.05, 0) is 26.7 Å². The molecule has 1 N–H and O–H groups in total. The number of aromatic nitrogens is 2. The number of halogens is 1. The summed E-state index contributed by atoms with van der Waals surface area (Å²) in [5, 5.41) is 7.44. The number of piperazine rings is 1. The van der Waals surface area contributed by atoms with Gasteiger partial charge >= 0.3 is 0 Å². The molecule has 2 aliphatic rings. The van der Waals surface area contributed by atoms with Gasteiger partial charge in [0.1, 0.15) is 0 Å². The lowest BCUT2D eigenvalue weighted by molar-refractivity contribution is -0.135. The number of nitrogens with one attached hydrogen (secondary N) is 1. The molecule has 0 saturated carbocycles. The van der Waals surface area contributed by atoms with Crippen LogP contribution in [0.3, 0.4) is 0 Å². The first-order chi connectivity index (χ1) is 11.0. The van der Waals surface area contributed by atoms with Gasteiger partial charge in [0, 0.05) is 45.0 Å². The second kappa shape index (κ2) is 7.53. The number of likely N-dealkylation sites (tertiary alicyclic amines) is 1. The first-order valence-electron chi connectivity index (χ1n) is 8.28. The Bertz CT molecular complexity index is 630. The largest absolute Gasteiger partial charge is 0.336 e. The topological polar surface area (TPSA) is 70.5 Å². The Labute approximate surface area is 148 Å². The number of piperidine rings is 1. The fourth-order valence-corrected chi connectivity index (χ4v) is 3.64. The molecule has 0 bridgehead atoms. The summed E-state index contributed by atoms with van der Waals surface area (Å²) in [7, 11) is 1.86. The number of hydrogen-bond acceptors (Lipinski definition) is 4. The van der Waals surface area contributed by atoms with Crippen LogP contribution in [0.25, 0.3) is 0 Å². The number of nitrogens with zero attached hydrogens (tertiary/aromatic N) is 4. The van der Waals surface area contributed by atoms with Crippen LogP contribution in [0.1, 0.15) is 34.6 Å². The molecule has 3 rings (SSSR count). The summed E-state index contributed by atoms with van der Waals surface area (Å²) in [6, 6.07) is 0.139. The van der Waals surface area contributed by atoms with Crippen molar-refractivity contribution in [3.05, 3.63) is 17.0 Å². The highest BCUT2D eigenvalue weighted by Gasteiger charge is 2.33. The van der Waals surface area contributed by atoms with Gasteiger partial charge in [-0.3, -0.25) is 14.3 Å². The van der Waals surface area contributed by atoms with Gasteiger partial charge in [0.25, 0.3) is 5.91 Å². The normalized spacial score (nSPS) is 21.6. The highest BCUT2D eigenvalue weighted by atomic mass is 35.5. The van der Waals surface area contributed by atoms with Crippen molar-refractivity contribution in [1.29, 1.82) is 0 Å². The predicted molar refractivity (Wildman–Crippen MR) is 93.4 cm³/mol. The molecule has 1 atom stereocenters. The second-order valence-electron chi connectivity index (χ2n) is 6.48. The molecule has 8 heteroatoms. The Balaban J connectivity index is 0.00000208. The number of rotatable bonds is 2. The third kappa shape index (κ3) is 3.42. The lowest BCUT2D eigenvalue weighted by Gasteiger charge is -2.41. The van der Waals surface area contributed by atoms with Crippen LogP contribution < -0.4 is 5.32 Å². The number of amides is 2. The lowest BCUT2D eigenvalue weighted by Crippen LogP contribution is -2.57. The summed E-state index contributed by atoms with van der Waals surface area (Å²) in [5.74, 6) is 0.185. The molecular weight excluding hydrogens is 330 g/mol. The number of carbonyl (C=O) groups excluding carboxylic acids is 2. The number of hydrogen-bond donors (Lipinski definition) is 1. The van der Waals surface area contributed by atoms with E-state index in [4.69, 9.17) is 0 Å². The second-order valence-corrected chi connectivity index (χ2v) is 6.48. The van der Waals surface area contributed by atoms with Crippen LogP contribution in [-0.2, 0) is 11.8 Å². The molecule has 1 unspecified atom stereocenters. The molecule has 0 radical (unpaired) electrons. The molecule has 2 saturated heterocycles. The average molecular weight is 356 g/mol. The van der Waals surface area contributed by atoms with Gasteiger partial charge in [-0.1, -0.05) is 0 Å². The molecule has 1 aromatic heterocycles. The van der Waals surface area contributed by atoms with Crippen LogP contribution in [0.15, 0.2) is 0 Å². The summed E-state index contributed by atoms with van der Waals surface area (Å²) in [6.45, 7) is 7.15. The molecule has 2 amide bonds. The Hall–Kier alpha value is -1.60. The van der Waals surface area contributed by atoms with Crippen molar-refractivity contribution in [1.82, 2.24) is 24.9 Å². The van der Waals surface area contributed by atoms with Crippen molar-refractivity contribution < 1.29 is 9.59 Å². The van der Waals surface area contributed by atoms with E-state index in [1.807, 2.05) is 30.7 Å². The van der Waals surface area contributed by atoms with E-state index in [0.717, 1.165) is 43.9 Å². The van der Waals surface area contributed by atoms with Crippen molar-refractivity contribution in [2.45, 2.75) is 32.7 Å². The van der Waals surface area contributed by atoms with E-state index in [9.17, 15) is 9.59 Å². The molecule has 134 valence electrons. The summed E-state index contributed by atoms with van der Waals surface area (Å²) in [4.78, 5) is 28.9. The minimum absolute atomic E-state index is 0. The molecular formula is C16H26ClN5O2. The minimum Gasteiger partial charge on any atom is -0.336 e. The van der Waals surface area contributed by atoms with Crippen LogP contribution >= 0.6 is 12.4 Å². The van der Waals surface area contributed by atoms with Crippen LogP contribution in [-0.4, -0.2) is 70.2 Å². The molecule has 2 aliphatic heterocycles. The molecule has 0 aromatic carbocycles. The summed E-state index contributed by atoms with van der Waals surface area (Å²) in [6.07, 6.45) is 1.91. The minimum atomic E-state index is 0. The molecule has 1 aromatic rings. The maximum Gasteiger partial charge on any atom is 0.257 e. The number of carbonyl (C=O) groups is 2. The Morgan fingerprint density at radius 2 is 2.04 bits per heavy atom. The first-order valence-corrected chi connectivity index (χ1v) is 8.28. The first kappa shape index (κ1) is 18.7. The fourth-order valence-electron chi connectivity index (χ4n) is 3.64. The van der Waals surface area contributed by atoms with E-state index in [2.05, 4.69) is 10.4 Å². The molecule has 0 aliphatic carbocycles. The predicted octanol–water partition coefficient (Wildman–Crippen LogP) is 0.495. The van der Waals surface area contributed by atoms with E-state index in [-0.39, 0.29) is 30.3 Å². The van der Waals surface area contributed by atoms with E-state index >= 15 is 0 Å². The molecule has 24 heavy (non-hydrogen) atoms. The smallest absolute Gasteiger partial charge is 0.257 e. The van der Waals surface area contributed by atoms with Gasteiger partial charge in [0.15, 0.2) is 0 Å². The van der Waals surface area contributed by atoms with E-state index in [1.54, 1.807) is 4.68 Å². The zero-order chi connectivity index (χ0) is 16.6. The zero-order valence-corrected chi connectivity index (χ0v) is 15.4. The summed E-state index contributed by atoms with van der Waals surface area (Å²) in [5.41, 5.74) is 2.38. The quantitative estimate of drug-likeness (QED) is 0.838. The monoisotopic (exact) mass is 355 g/mol. The van der Waals surface area contributed by atoms with Gasteiger partial charge in [0.05, 0.1) is 17.8 Å².